The summed E-state index contributed by atoms with van der Waals surface area (Å²) in [4.78, 5) is 11.2. The number of nitrogens with one attached hydrogen (secondary N) is 2. The average molecular weight is 257 g/mol. The molecular formula is C10H13BrN2O. The Labute approximate surface area is 92.0 Å². The molecule has 0 atom stereocenters. The highest BCUT2D eigenvalue weighted by Crippen LogP contribution is 2.07. The third kappa shape index (κ3) is 3.79. The zero-order chi connectivity index (χ0) is 10.4. The largest absolute Gasteiger partial charge is 0.337 e. The lowest BCUT2D eigenvalue weighted by atomic mass is 10.2. The van der Waals surface area contributed by atoms with Crippen molar-refractivity contribution in [3.05, 3.63) is 29.8 Å². The minimum absolute atomic E-state index is 0.173. The zero-order valence-corrected chi connectivity index (χ0v) is 9.60. The van der Waals surface area contributed by atoms with Crippen molar-refractivity contribution in [1.29, 1.82) is 0 Å². The quantitative estimate of drug-likeness (QED) is 0.802. The summed E-state index contributed by atoms with van der Waals surface area (Å²) in [5.74, 6) is 0. The van der Waals surface area contributed by atoms with E-state index in [1.165, 1.54) is 5.56 Å². The van der Waals surface area contributed by atoms with Gasteiger partial charge >= 0.3 is 6.03 Å². The summed E-state index contributed by atoms with van der Waals surface area (Å²) >= 11 is 3.23. The van der Waals surface area contributed by atoms with Crippen LogP contribution in [0.4, 0.5) is 10.5 Å². The number of benzene rings is 1. The minimum atomic E-state index is -0.173. The molecule has 2 N–H and O–H groups in total. The van der Waals surface area contributed by atoms with Crippen molar-refractivity contribution in [3.8, 4) is 0 Å². The maximum Gasteiger partial charge on any atom is 0.319 e. The molecular weight excluding hydrogens is 244 g/mol. The molecule has 0 unspecified atom stereocenters. The fraction of sp³-hybridized carbons (Fsp3) is 0.300. The van der Waals surface area contributed by atoms with E-state index in [1.54, 1.807) is 0 Å². The van der Waals surface area contributed by atoms with E-state index in [-0.39, 0.29) is 6.03 Å². The van der Waals surface area contributed by atoms with E-state index in [4.69, 9.17) is 0 Å². The first-order valence-corrected chi connectivity index (χ1v) is 5.52. The third-order valence-corrected chi connectivity index (χ3v) is 2.09. The fourth-order valence-corrected chi connectivity index (χ4v) is 1.17. The Morgan fingerprint density at radius 3 is 2.57 bits per heavy atom. The second-order valence-corrected chi connectivity index (χ2v) is 3.73. The lowest BCUT2D eigenvalue weighted by molar-refractivity contribution is 0.252. The van der Waals surface area contributed by atoms with Gasteiger partial charge in [0.05, 0.1) is 0 Å². The van der Waals surface area contributed by atoms with Crippen LogP contribution in [0.2, 0.25) is 0 Å². The van der Waals surface area contributed by atoms with Crippen molar-refractivity contribution < 1.29 is 4.79 Å². The number of amides is 2. The highest BCUT2D eigenvalue weighted by Gasteiger charge is 1.98. The number of carbonyl (C=O) groups is 1. The Hall–Kier alpha value is -1.03. The van der Waals surface area contributed by atoms with Gasteiger partial charge in [-0.25, -0.2) is 4.79 Å². The summed E-state index contributed by atoms with van der Waals surface area (Å²) in [7, 11) is 0. The first kappa shape index (κ1) is 11.0. The topological polar surface area (TPSA) is 41.1 Å². The van der Waals surface area contributed by atoms with Crippen LogP contribution in [0.15, 0.2) is 24.3 Å². The molecule has 4 heteroatoms. The van der Waals surface area contributed by atoms with Crippen LogP contribution in [-0.2, 0) is 0 Å². The number of halogens is 1. The van der Waals surface area contributed by atoms with Crippen LogP contribution < -0.4 is 10.6 Å². The number of alkyl halides is 1. The molecule has 0 spiro atoms. The first-order valence-electron chi connectivity index (χ1n) is 4.40. The van der Waals surface area contributed by atoms with Crippen molar-refractivity contribution >= 4 is 27.6 Å². The molecule has 0 fully saturated rings. The molecule has 0 aliphatic rings. The van der Waals surface area contributed by atoms with Crippen molar-refractivity contribution in [2.45, 2.75) is 6.92 Å². The smallest absolute Gasteiger partial charge is 0.319 e. The van der Waals surface area contributed by atoms with Crippen LogP contribution in [0.5, 0.6) is 0 Å². The van der Waals surface area contributed by atoms with E-state index in [0.29, 0.717) is 6.54 Å². The number of urea groups is 1. The molecule has 1 aromatic rings. The molecule has 1 rings (SSSR count). The van der Waals surface area contributed by atoms with Crippen LogP contribution in [-0.4, -0.2) is 17.9 Å². The van der Waals surface area contributed by atoms with Gasteiger partial charge in [0.25, 0.3) is 0 Å². The van der Waals surface area contributed by atoms with E-state index in [9.17, 15) is 4.79 Å². The Kier molecular flexibility index (Phi) is 4.46. The van der Waals surface area contributed by atoms with Crippen LogP contribution in [0.25, 0.3) is 0 Å². The van der Waals surface area contributed by atoms with E-state index < -0.39 is 0 Å². The van der Waals surface area contributed by atoms with Crippen molar-refractivity contribution in [2.24, 2.45) is 0 Å². The van der Waals surface area contributed by atoms with Gasteiger partial charge in [-0.3, -0.25) is 0 Å². The predicted molar refractivity (Wildman–Crippen MR) is 62.0 cm³/mol. The van der Waals surface area contributed by atoms with E-state index >= 15 is 0 Å². The van der Waals surface area contributed by atoms with Crippen LogP contribution >= 0.6 is 15.9 Å². The third-order valence-electron chi connectivity index (χ3n) is 1.69. The molecule has 3 nitrogen and oxygen atoms in total. The summed E-state index contributed by atoms with van der Waals surface area (Å²) in [6.45, 7) is 2.63. The highest BCUT2D eigenvalue weighted by molar-refractivity contribution is 9.09. The lowest BCUT2D eigenvalue weighted by Crippen LogP contribution is -2.30. The van der Waals surface area contributed by atoms with Gasteiger partial charge in [0.2, 0.25) is 0 Å². The van der Waals surface area contributed by atoms with Gasteiger partial charge in [0.15, 0.2) is 0 Å². The van der Waals surface area contributed by atoms with Gasteiger partial charge in [-0.05, 0) is 19.1 Å². The molecule has 0 bridgehead atoms. The molecule has 1 aromatic carbocycles. The Morgan fingerprint density at radius 2 is 2.00 bits per heavy atom. The Bertz CT molecular complexity index is 297. The Balaban J connectivity index is 2.44. The number of hydrogen-bond donors (Lipinski definition) is 2. The van der Waals surface area contributed by atoms with Gasteiger partial charge in [-0.1, -0.05) is 33.6 Å². The number of aryl methyl sites for hydroxylation is 1. The van der Waals surface area contributed by atoms with E-state index in [1.807, 2.05) is 31.2 Å². The average Bonchev–Trinajstić information content (AvgIpc) is 2.18. The Morgan fingerprint density at radius 1 is 1.36 bits per heavy atom. The van der Waals surface area contributed by atoms with Crippen LogP contribution in [0.3, 0.4) is 0 Å². The number of rotatable bonds is 3. The second kappa shape index (κ2) is 5.65. The zero-order valence-electron chi connectivity index (χ0n) is 8.01. The summed E-state index contributed by atoms with van der Waals surface area (Å²) in [5, 5.41) is 6.19. The number of anilines is 1. The summed E-state index contributed by atoms with van der Waals surface area (Å²) in [6.07, 6.45) is 0. The van der Waals surface area contributed by atoms with Crippen molar-refractivity contribution in [3.63, 3.8) is 0 Å². The molecule has 0 aliphatic carbocycles. The molecule has 2 amide bonds. The molecule has 76 valence electrons. The number of hydrogen-bond acceptors (Lipinski definition) is 1. The molecule has 14 heavy (non-hydrogen) atoms. The van der Waals surface area contributed by atoms with Gasteiger partial charge < -0.3 is 10.6 Å². The summed E-state index contributed by atoms with van der Waals surface area (Å²) in [6, 6.07) is 7.50. The maximum atomic E-state index is 11.2. The van der Waals surface area contributed by atoms with E-state index in [2.05, 4.69) is 26.6 Å². The molecule has 0 heterocycles. The van der Waals surface area contributed by atoms with Gasteiger partial charge in [0, 0.05) is 17.6 Å². The molecule has 0 radical (unpaired) electrons. The molecule has 0 aliphatic heterocycles. The first-order chi connectivity index (χ1) is 6.72. The van der Waals surface area contributed by atoms with Gasteiger partial charge in [0.1, 0.15) is 0 Å². The molecule has 0 aromatic heterocycles. The van der Waals surface area contributed by atoms with Crippen molar-refractivity contribution in [1.82, 2.24) is 5.32 Å². The van der Waals surface area contributed by atoms with E-state index in [0.717, 1.165) is 11.0 Å². The number of carbonyl (C=O) groups excluding carboxylic acids is 1. The van der Waals surface area contributed by atoms with Crippen LogP contribution in [0.1, 0.15) is 5.56 Å². The summed E-state index contributed by atoms with van der Waals surface area (Å²) in [5.41, 5.74) is 1.99. The van der Waals surface area contributed by atoms with Crippen molar-refractivity contribution in [2.75, 3.05) is 17.2 Å². The standard InChI is InChI=1S/C10H13BrN2O/c1-8-2-4-9(5-3-8)13-10(14)12-7-6-11/h2-5H,6-7H2,1H3,(H2,12,13,14). The maximum absolute atomic E-state index is 11.2. The lowest BCUT2D eigenvalue weighted by Gasteiger charge is -2.06. The second-order valence-electron chi connectivity index (χ2n) is 2.94. The predicted octanol–water partition coefficient (Wildman–Crippen LogP) is 2.51. The molecule has 0 saturated carbocycles. The normalized spacial score (nSPS) is 9.57. The summed E-state index contributed by atoms with van der Waals surface area (Å²) < 4.78 is 0. The molecule has 0 saturated heterocycles. The fourth-order valence-electron chi connectivity index (χ4n) is 0.973. The SMILES string of the molecule is Cc1ccc(NC(=O)NCCBr)cc1. The van der Waals surface area contributed by atoms with Crippen LogP contribution in [0, 0.1) is 6.92 Å². The highest BCUT2D eigenvalue weighted by atomic mass is 79.9. The van der Waals surface area contributed by atoms with Gasteiger partial charge in [-0.15, -0.1) is 0 Å². The van der Waals surface area contributed by atoms with Gasteiger partial charge in [-0.2, -0.15) is 0 Å². The minimum Gasteiger partial charge on any atom is -0.337 e. The monoisotopic (exact) mass is 256 g/mol.